The molecule has 0 saturated carbocycles. The minimum Gasteiger partial charge on any atom is -0.336 e. The molecule has 21 heavy (non-hydrogen) atoms. The molecule has 0 saturated heterocycles. The summed E-state index contributed by atoms with van der Waals surface area (Å²) in [5.74, 6) is 0. The summed E-state index contributed by atoms with van der Waals surface area (Å²) in [5, 5.41) is 1.06. The van der Waals surface area contributed by atoms with Crippen LogP contribution in [0, 0.1) is 4.77 Å². The highest BCUT2D eigenvalue weighted by atomic mass is 79.9. The number of H-pyrrole nitrogens is 1. The topological polar surface area (TPSA) is 20.7 Å². The fourth-order valence-electron chi connectivity index (χ4n) is 2.16. The third-order valence-corrected chi connectivity index (χ3v) is 4.39. The Morgan fingerprint density at radius 3 is 2.29 bits per heavy atom. The molecule has 0 spiro atoms. The van der Waals surface area contributed by atoms with Crippen molar-refractivity contribution in [2.45, 2.75) is 0 Å². The molecule has 0 aliphatic rings. The van der Waals surface area contributed by atoms with Crippen molar-refractivity contribution in [3.63, 3.8) is 0 Å². The van der Waals surface area contributed by atoms with Crippen LogP contribution >= 0.6 is 51.3 Å². The summed E-state index contributed by atoms with van der Waals surface area (Å²) in [6, 6.07) is 13.5. The molecule has 1 aromatic heterocycles. The SMILES string of the molecule is S=c1[nH]cc(-c2ccccc2)n1-c1c(Cl)cc(Br)cc1Cl. The van der Waals surface area contributed by atoms with E-state index < -0.39 is 0 Å². The number of aromatic amines is 1. The lowest BCUT2D eigenvalue weighted by molar-refractivity contribution is 1.04. The zero-order valence-electron chi connectivity index (χ0n) is 10.6. The van der Waals surface area contributed by atoms with Crippen molar-refractivity contribution in [3.8, 4) is 16.9 Å². The van der Waals surface area contributed by atoms with Crippen LogP contribution in [-0.2, 0) is 0 Å². The fraction of sp³-hybridized carbons (Fsp3) is 0. The molecular formula is C15H9BrCl2N2S. The second-order valence-corrected chi connectivity index (χ2v) is 6.52. The summed E-state index contributed by atoms with van der Waals surface area (Å²) in [6.07, 6.45) is 1.85. The van der Waals surface area contributed by atoms with E-state index in [1.165, 1.54) is 0 Å². The van der Waals surface area contributed by atoms with Crippen molar-refractivity contribution < 1.29 is 0 Å². The maximum absolute atomic E-state index is 6.36. The van der Waals surface area contributed by atoms with E-state index in [0.29, 0.717) is 20.5 Å². The lowest BCUT2D eigenvalue weighted by Crippen LogP contribution is -1.99. The lowest BCUT2D eigenvalue weighted by Gasteiger charge is -2.12. The number of nitrogens with zero attached hydrogens (tertiary/aromatic N) is 1. The first-order chi connectivity index (χ1) is 10.1. The molecule has 2 aromatic carbocycles. The van der Waals surface area contributed by atoms with Crippen molar-refractivity contribution in [2.24, 2.45) is 0 Å². The van der Waals surface area contributed by atoms with Crippen LogP contribution in [0.25, 0.3) is 16.9 Å². The van der Waals surface area contributed by atoms with Crippen molar-refractivity contribution in [1.82, 2.24) is 9.55 Å². The van der Waals surface area contributed by atoms with Crippen LogP contribution in [0.4, 0.5) is 0 Å². The third kappa shape index (κ3) is 2.81. The Morgan fingerprint density at radius 1 is 1.05 bits per heavy atom. The molecule has 3 aromatic rings. The normalized spacial score (nSPS) is 10.8. The highest BCUT2D eigenvalue weighted by molar-refractivity contribution is 9.10. The zero-order chi connectivity index (χ0) is 15.0. The van der Waals surface area contributed by atoms with E-state index in [-0.39, 0.29) is 0 Å². The molecule has 0 aliphatic carbocycles. The molecular weight excluding hydrogens is 391 g/mol. The van der Waals surface area contributed by atoms with Crippen LogP contribution in [0.3, 0.4) is 0 Å². The first-order valence-electron chi connectivity index (χ1n) is 6.08. The number of rotatable bonds is 2. The number of imidazole rings is 1. The quantitative estimate of drug-likeness (QED) is 0.503. The van der Waals surface area contributed by atoms with E-state index in [1.54, 1.807) is 12.1 Å². The summed E-state index contributed by atoms with van der Waals surface area (Å²) in [6.45, 7) is 0. The molecule has 3 rings (SSSR count). The highest BCUT2D eigenvalue weighted by Gasteiger charge is 2.15. The standard InChI is InChI=1S/C15H9BrCl2N2S/c16-10-6-11(17)14(12(18)7-10)20-13(8-19-15(20)21)9-4-2-1-3-5-9/h1-8H,(H,19,21). The number of aromatic nitrogens is 2. The molecule has 0 atom stereocenters. The van der Waals surface area contributed by atoms with E-state index in [0.717, 1.165) is 15.7 Å². The Balaban J connectivity index is 2.30. The molecule has 1 N–H and O–H groups in total. The summed E-state index contributed by atoms with van der Waals surface area (Å²) in [7, 11) is 0. The van der Waals surface area contributed by atoms with Gasteiger partial charge in [-0.2, -0.15) is 0 Å². The van der Waals surface area contributed by atoms with Crippen LogP contribution < -0.4 is 0 Å². The van der Waals surface area contributed by atoms with Crippen molar-refractivity contribution in [3.05, 3.63) is 68.0 Å². The van der Waals surface area contributed by atoms with Gasteiger partial charge < -0.3 is 4.98 Å². The van der Waals surface area contributed by atoms with Gasteiger partial charge in [-0.15, -0.1) is 0 Å². The average Bonchev–Trinajstić information content (AvgIpc) is 2.81. The molecule has 6 heteroatoms. The van der Waals surface area contributed by atoms with Crippen LogP contribution in [0.1, 0.15) is 0 Å². The smallest absolute Gasteiger partial charge is 0.182 e. The van der Waals surface area contributed by atoms with Gasteiger partial charge in [-0.25, -0.2) is 0 Å². The average molecular weight is 400 g/mol. The second kappa shape index (κ2) is 5.97. The largest absolute Gasteiger partial charge is 0.336 e. The Labute approximate surface area is 145 Å². The van der Waals surface area contributed by atoms with Crippen LogP contribution in [0.15, 0.2) is 53.1 Å². The Morgan fingerprint density at radius 2 is 1.67 bits per heavy atom. The van der Waals surface area contributed by atoms with Gasteiger partial charge in [0.25, 0.3) is 0 Å². The molecule has 2 nitrogen and oxygen atoms in total. The lowest BCUT2D eigenvalue weighted by atomic mass is 10.1. The molecule has 1 heterocycles. The van der Waals surface area contributed by atoms with Gasteiger partial charge in [-0.05, 0) is 24.4 Å². The Hall–Kier alpha value is -1.07. The molecule has 0 bridgehead atoms. The fourth-order valence-corrected chi connectivity index (χ4v) is 3.79. The van der Waals surface area contributed by atoms with Gasteiger partial charge in [0.05, 0.1) is 21.4 Å². The van der Waals surface area contributed by atoms with Gasteiger partial charge >= 0.3 is 0 Å². The first-order valence-corrected chi connectivity index (χ1v) is 8.04. The number of nitrogens with one attached hydrogen (secondary N) is 1. The number of benzene rings is 2. The number of hydrogen-bond donors (Lipinski definition) is 1. The zero-order valence-corrected chi connectivity index (χ0v) is 14.5. The van der Waals surface area contributed by atoms with Crippen LogP contribution in [0.5, 0.6) is 0 Å². The summed E-state index contributed by atoms with van der Waals surface area (Å²) in [4.78, 5) is 3.05. The van der Waals surface area contributed by atoms with E-state index in [9.17, 15) is 0 Å². The Bertz CT molecular complexity index is 833. The number of hydrogen-bond acceptors (Lipinski definition) is 1. The van der Waals surface area contributed by atoms with Gasteiger partial charge in [0.2, 0.25) is 0 Å². The van der Waals surface area contributed by atoms with Gasteiger partial charge in [0.15, 0.2) is 4.77 Å². The van der Waals surface area contributed by atoms with E-state index in [1.807, 2.05) is 41.1 Å². The molecule has 106 valence electrons. The molecule has 0 aliphatic heterocycles. The monoisotopic (exact) mass is 398 g/mol. The maximum Gasteiger partial charge on any atom is 0.182 e. The van der Waals surface area contributed by atoms with E-state index in [2.05, 4.69) is 20.9 Å². The van der Waals surface area contributed by atoms with Gasteiger partial charge in [-0.1, -0.05) is 69.5 Å². The predicted molar refractivity (Wildman–Crippen MR) is 94.1 cm³/mol. The summed E-state index contributed by atoms with van der Waals surface area (Å²) in [5.41, 5.74) is 2.61. The van der Waals surface area contributed by atoms with Crippen molar-refractivity contribution >= 4 is 51.3 Å². The van der Waals surface area contributed by atoms with Crippen LogP contribution in [-0.4, -0.2) is 9.55 Å². The second-order valence-electron chi connectivity index (χ2n) is 4.40. The van der Waals surface area contributed by atoms with E-state index >= 15 is 0 Å². The summed E-state index contributed by atoms with van der Waals surface area (Å²) >= 11 is 21.5. The van der Waals surface area contributed by atoms with E-state index in [4.69, 9.17) is 35.4 Å². The van der Waals surface area contributed by atoms with Gasteiger partial charge in [-0.3, -0.25) is 4.57 Å². The molecule has 0 fully saturated rings. The van der Waals surface area contributed by atoms with Crippen molar-refractivity contribution in [2.75, 3.05) is 0 Å². The highest BCUT2D eigenvalue weighted by Crippen LogP contribution is 2.35. The third-order valence-electron chi connectivity index (χ3n) is 3.05. The maximum atomic E-state index is 6.36. The van der Waals surface area contributed by atoms with Crippen LogP contribution in [0.2, 0.25) is 10.0 Å². The minimum absolute atomic E-state index is 0.530. The van der Waals surface area contributed by atoms with Gasteiger partial charge in [0.1, 0.15) is 0 Å². The molecule has 0 radical (unpaired) electrons. The number of halogens is 3. The minimum atomic E-state index is 0.530. The first kappa shape index (κ1) is 14.9. The molecule has 0 amide bonds. The summed E-state index contributed by atoms with van der Waals surface area (Å²) < 4.78 is 3.21. The van der Waals surface area contributed by atoms with Gasteiger partial charge in [0, 0.05) is 16.2 Å². The molecule has 0 unspecified atom stereocenters. The Kier molecular flexibility index (Phi) is 4.22. The van der Waals surface area contributed by atoms with Crippen molar-refractivity contribution in [1.29, 1.82) is 0 Å². The predicted octanol–water partition coefficient (Wildman–Crippen LogP) is 6.27.